The number of carbonyl (C=O) groups excluding carboxylic acids is 2. The maximum absolute atomic E-state index is 12.6. The number of anilines is 4. The average molecular weight is 2330 g/mol. The Hall–Kier alpha value is -7.85. The topological polar surface area (TPSA) is 911 Å². The molecule has 9 fully saturated rings. The van der Waals surface area contributed by atoms with Gasteiger partial charge in [-0.15, -0.1) is 0 Å². The van der Waals surface area contributed by atoms with E-state index in [-0.39, 0.29) is 199 Å². The molecule has 61 heteroatoms. The molecule has 8 unspecified atom stereocenters. The molecule has 16 atom stereocenters. The van der Waals surface area contributed by atoms with Gasteiger partial charge in [-0.05, 0) is 140 Å². The number of carbonyl (C=O) groups is 2. The standard InChI is InChI=1S/C20H23N5O6S.C18H26N6O5.C14H20N6O3.C13H17N5O4.C7H7ClO2S.C5H9IO2.C4H8O.CH5N.Ba.10H2O/c1-11-4-6-12(7-5-11)32(26,27)28-8-13-15-16(31-20(2,3)30-15)19(29-13)25-10-24-14-17(21)22-9-23-18(14)25;1-18(2)28-13-10(7-20-6-4-5-11(25)26-3)27-17(14(13)29-18)24-9-23-12-15(19)21-8-22-16(12)24;1-14(2)22-9-7(4-16-3)21-13(10(9)23-14)20-6-19-8-11(15)17-5-18-12(8)20;1-13(2)21-8-6(3-19)20-12(9(8)22-13)18-5-17-7-10(14)15-4-16-11(7)18;1-6-2-4-7(5-3-6)11(8,9)10;1-8-5(7)3-2-4-6;1-2-4-5-3-1;1-2;;;;;;;;;;;/h4-7,9-10,13,15-16,19H,8H2,1-3H3,(H2,21,22,23);8-10,13-14,17,20H,4-7H2,1-3H3,(H2,19,21,22);5-7,9-10,13,16H,4H2,1-3H3,(H2,15,17,18);4-6,8-9,12,19H,3H2,1-2H3,(H2,14,15,16);2-5H,1H3;2-4H2,1H3;1-4H2;2H2,1H3;;10*1H2/q;;;;;;;;+2;;;;;;;;;;/p-2/t13?,15-,16-,19?;10?,13-,14-,17?;7?,9-,10-,13?;6?,8-,9-,12?;;;;;;;;;;;;;;;/m1111.............../s1. The third-order valence-corrected chi connectivity index (χ3v) is 25.0. The SMILES string of the molecule is C1CCOC1.CC1(C)O[C@@H]2C(CO)OC(n3cnc4c(N)ncnc43)[C@@H]2O1.CN.CNCC1OC(n2cnc3c(N)ncnc32)[C@@H]2OC(C)(C)O[C@H]12.COC(=O)CCCI.COC(=O)CCCNCC1OC(n2cnc3c(N)ncnc32)[C@@H]2OC(C)(C)O[C@H]12.Cc1ccc(S(=O)(=O)Cl)cc1.Cc1ccc(S(=O)(=O)OCC2OC(n3cnc4c(N)ncnc43)[C@@H]3OC(C)(C)O[C@H]23)cc1.O.O.O.O.O.O.O.O.[Ba+2].[OH-].[OH-]. The zero-order valence-electron chi connectivity index (χ0n) is 81.0. The van der Waals surface area contributed by atoms with E-state index in [1.807, 2.05) is 71.6 Å². The van der Waals surface area contributed by atoms with Crippen LogP contribution in [0.1, 0.15) is 130 Å². The number of nitrogens with two attached hydrogens (primary N) is 5. The molecule has 17 heterocycles. The largest absolute Gasteiger partial charge is 2.00 e. The molecule has 9 saturated heterocycles. The number of ether oxygens (including phenoxy) is 15. The molecule has 0 amide bonds. The Bertz CT molecular complexity index is 5770. The summed E-state index contributed by atoms with van der Waals surface area (Å²) in [5.74, 6) is -2.08. The number of aliphatic hydroxyl groups excluding tert-OH is 1. The molecule has 9 aliphatic heterocycles. The molecule has 8 aromatic heterocycles. The fraction of sp³-hybridized carbons (Fsp3) is 0.585. The van der Waals surface area contributed by atoms with E-state index in [2.05, 4.69) is 108 Å². The minimum Gasteiger partial charge on any atom is -0.870 e. The van der Waals surface area contributed by atoms with Crippen LogP contribution < -0.4 is 39.3 Å². The van der Waals surface area contributed by atoms with Crippen LogP contribution in [0.3, 0.4) is 0 Å². The normalized spacial score (nSPS) is 24.3. The Morgan fingerprint density at radius 1 is 0.462 bits per heavy atom. The van der Waals surface area contributed by atoms with Crippen LogP contribution >= 0.6 is 33.3 Å². The quantitative estimate of drug-likeness (QED) is 0.00741. The van der Waals surface area contributed by atoms with Gasteiger partial charge in [0.15, 0.2) is 93.9 Å². The van der Waals surface area contributed by atoms with Crippen molar-refractivity contribution >= 4 is 181 Å². The zero-order chi connectivity index (χ0) is 95.4. The smallest absolute Gasteiger partial charge is 0.870 e. The van der Waals surface area contributed by atoms with Gasteiger partial charge in [0.1, 0.15) is 121 Å². The summed E-state index contributed by atoms with van der Waals surface area (Å²) < 4.78 is 147. The van der Waals surface area contributed by atoms with Gasteiger partial charge in [-0.25, -0.2) is 68.2 Å². The number of halogens is 2. The van der Waals surface area contributed by atoms with Gasteiger partial charge in [0.2, 0.25) is 0 Å². The first-order chi connectivity index (χ1) is 62.8. The van der Waals surface area contributed by atoms with Crippen molar-refractivity contribution in [3.8, 4) is 0 Å². The molecule has 0 saturated carbocycles. The number of nitrogen functional groups attached to an aromatic ring is 4. The van der Waals surface area contributed by atoms with Crippen molar-refractivity contribution < 1.29 is 162 Å². The van der Waals surface area contributed by atoms with E-state index >= 15 is 0 Å². The number of hydrogen-bond acceptors (Lipinski definition) is 44. The van der Waals surface area contributed by atoms with Gasteiger partial charge in [0, 0.05) is 54.3 Å². The van der Waals surface area contributed by atoms with Crippen LogP contribution in [0.25, 0.3) is 44.7 Å². The molecule has 10 aromatic rings. The van der Waals surface area contributed by atoms with Crippen molar-refractivity contribution in [2.24, 2.45) is 5.73 Å². The van der Waals surface area contributed by atoms with Crippen LogP contribution in [0.2, 0.25) is 0 Å². The summed E-state index contributed by atoms with van der Waals surface area (Å²) in [4.78, 5) is 71.8. The average Bonchev–Trinajstić information content (AvgIpc) is 1.62. The molecule has 56 nitrogen and oxygen atoms in total. The molecule has 19 rings (SSSR count). The van der Waals surface area contributed by atoms with Crippen molar-refractivity contribution in [2.45, 2.75) is 239 Å². The molecule has 0 spiro atoms. The molecular formula is C82H133BaClIN23O33S2. The fourth-order valence-corrected chi connectivity index (χ4v) is 17.8. The molecule has 802 valence electrons. The maximum atomic E-state index is 12.6. The summed E-state index contributed by atoms with van der Waals surface area (Å²) in [5, 5.41) is 16.0. The number of aliphatic hydroxyl groups is 1. The van der Waals surface area contributed by atoms with Gasteiger partial charge in [0.05, 0.1) is 62.5 Å². The number of alkyl halides is 1. The maximum Gasteiger partial charge on any atom is 2.00 e. The summed E-state index contributed by atoms with van der Waals surface area (Å²) in [7, 11) is 3.75. The van der Waals surface area contributed by atoms with Gasteiger partial charge in [-0.3, -0.25) is 32.0 Å². The molecule has 143 heavy (non-hydrogen) atoms. The number of imidazole rings is 4. The first kappa shape index (κ1) is 133. The van der Waals surface area contributed by atoms with Gasteiger partial charge < -0.3 is 170 Å². The molecule has 2 aromatic carbocycles. The molecule has 0 bridgehead atoms. The molecule has 9 aliphatic rings. The minimum absolute atomic E-state index is 0. The Labute approximate surface area is 881 Å². The van der Waals surface area contributed by atoms with Crippen molar-refractivity contribution in [3.63, 3.8) is 0 Å². The summed E-state index contributed by atoms with van der Waals surface area (Å²) in [6, 6.07) is 12.8. The number of fused-ring (bicyclic) bond motifs is 8. The summed E-state index contributed by atoms with van der Waals surface area (Å²) >= 11 is 2.23. The third kappa shape index (κ3) is 32.6. The number of nitrogens with zero attached hydrogens (tertiary/aromatic N) is 16. The number of benzene rings is 2. The number of likely N-dealkylation sites (N-methyl/N-ethyl adjacent to an activating group) is 1. The second-order valence-electron chi connectivity index (χ2n) is 33.0. The predicted octanol–water partition coefficient (Wildman–Crippen LogP) is -1.89. The summed E-state index contributed by atoms with van der Waals surface area (Å²) in [5.41, 5.74) is 34.2. The van der Waals surface area contributed by atoms with E-state index in [4.69, 9.17) is 99.4 Å². The molecular weight excluding hydrogens is 2200 g/mol. The third-order valence-electron chi connectivity index (χ3n) is 21.6. The first-order valence-electron chi connectivity index (χ1n) is 42.4. The first-order valence-corrected chi connectivity index (χ1v) is 47.6. The summed E-state index contributed by atoms with van der Waals surface area (Å²) in [6.07, 6.45) is 10.8. The monoisotopic (exact) mass is 2330 g/mol. The number of rotatable bonds is 21. The van der Waals surface area contributed by atoms with Crippen molar-refractivity contribution in [3.05, 3.63) is 110 Å². The van der Waals surface area contributed by atoms with Crippen molar-refractivity contribution in [1.82, 2.24) is 88.7 Å². The minimum atomic E-state index is -3.97. The Balaban J connectivity index is 0.000000863. The van der Waals surface area contributed by atoms with Crippen LogP contribution in [0.15, 0.2) is 109 Å². The summed E-state index contributed by atoms with van der Waals surface area (Å²) in [6.45, 7) is 22.1. The molecule has 31 N–H and O–H groups in total. The van der Waals surface area contributed by atoms with Gasteiger partial charge in [0.25, 0.3) is 19.2 Å². The Kier molecular flexibility index (Phi) is 54.2. The second-order valence-corrected chi connectivity index (χ2v) is 38.2. The number of methoxy groups -OCH3 is 2. The van der Waals surface area contributed by atoms with Crippen LogP contribution in [0.4, 0.5) is 23.3 Å². The second kappa shape index (κ2) is 58.2. The van der Waals surface area contributed by atoms with E-state index in [9.17, 15) is 31.5 Å². The Morgan fingerprint density at radius 3 is 1.06 bits per heavy atom. The van der Waals surface area contributed by atoms with Crippen LogP contribution in [0, 0.1) is 13.8 Å². The van der Waals surface area contributed by atoms with Gasteiger partial charge in [-0.1, -0.05) is 58.0 Å². The van der Waals surface area contributed by atoms with E-state index in [0.29, 0.717) is 101 Å². The van der Waals surface area contributed by atoms with Crippen LogP contribution in [0.5, 0.6) is 0 Å². The van der Waals surface area contributed by atoms with E-state index in [0.717, 1.165) is 35.2 Å². The Morgan fingerprint density at radius 2 is 0.755 bits per heavy atom. The van der Waals surface area contributed by atoms with Crippen LogP contribution in [-0.2, 0) is 104 Å². The number of esters is 2. The zero-order valence-corrected chi connectivity index (χ0v) is 90.0. The van der Waals surface area contributed by atoms with Crippen molar-refractivity contribution in [1.29, 1.82) is 0 Å². The molecule has 0 aliphatic carbocycles. The number of nitrogens with one attached hydrogen (secondary N) is 2. The fourth-order valence-electron chi connectivity index (χ4n) is 15.7. The predicted molar refractivity (Wildman–Crippen MR) is 522 cm³/mol. The van der Waals surface area contributed by atoms with E-state index in [1.54, 1.807) is 72.6 Å². The van der Waals surface area contributed by atoms with Gasteiger partial charge >= 0.3 is 60.8 Å². The number of aromatic nitrogens is 16. The van der Waals surface area contributed by atoms with E-state index < -0.39 is 85.4 Å². The number of aryl methyl sites for hydroxylation is 2. The van der Waals surface area contributed by atoms with Crippen molar-refractivity contribution in [2.75, 3.05) is 102 Å². The van der Waals surface area contributed by atoms with Crippen LogP contribution in [-0.4, -0.2) is 391 Å². The molecule has 0 radical (unpaired) electrons. The van der Waals surface area contributed by atoms with Gasteiger partial charge in [-0.2, -0.15) is 8.42 Å². The number of hydrogen-bond donors (Lipinski definition) is 8. The van der Waals surface area contributed by atoms with E-state index in [1.165, 1.54) is 83.7 Å².